The molecule has 0 saturated carbocycles. The molecule has 94 valence electrons. The second kappa shape index (κ2) is 5.15. The highest BCUT2D eigenvalue weighted by atomic mass is 19.1. The first kappa shape index (κ1) is 12.5. The summed E-state index contributed by atoms with van der Waals surface area (Å²) in [6.45, 7) is 0.968. The SMILES string of the molecule is N#Cc1ccc(F)cc1CN1CCCC1C(=O)O. The van der Waals surface area contributed by atoms with Crippen LogP contribution in [0.2, 0.25) is 0 Å². The van der Waals surface area contributed by atoms with Crippen molar-refractivity contribution in [3.8, 4) is 6.07 Å². The monoisotopic (exact) mass is 248 g/mol. The lowest BCUT2D eigenvalue weighted by Crippen LogP contribution is -2.35. The van der Waals surface area contributed by atoms with E-state index in [1.807, 2.05) is 6.07 Å². The maximum atomic E-state index is 13.2. The lowest BCUT2D eigenvalue weighted by atomic mass is 10.1. The molecule has 0 spiro atoms. The van der Waals surface area contributed by atoms with Crippen molar-refractivity contribution >= 4 is 5.97 Å². The Morgan fingerprint density at radius 2 is 2.39 bits per heavy atom. The maximum Gasteiger partial charge on any atom is 0.320 e. The summed E-state index contributed by atoms with van der Waals surface area (Å²) < 4.78 is 13.2. The molecule has 1 aliphatic heterocycles. The number of nitriles is 1. The zero-order valence-electron chi connectivity index (χ0n) is 9.77. The fourth-order valence-corrected chi connectivity index (χ4v) is 2.32. The molecule has 1 fully saturated rings. The zero-order chi connectivity index (χ0) is 13.1. The van der Waals surface area contributed by atoms with E-state index in [1.54, 1.807) is 4.90 Å². The van der Waals surface area contributed by atoms with E-state index in [2.05, 4.69) is 0 Å². The number of hydrogen-bond donors (Lipinski definition) is 1. The minimum absolute atomic E-state index is 0.303. The number of likely N-dealkylation sites (tertiary alicyclic amines) is 1. The van der Waals surface area contributed by atoms with E-state index < -0.39 is 17.8 Å². The summed E-state index contributed by atoms with van der Waals surface area (Å²) in [6.07, 6.45) is 1.42. The van der Waals surface area contributed by atoms with Crippen LogP contribution in [0.1, 0.15) is 24.0 Å². The van der Waals surface area contributed by atoms with E-state index >= 15 is 0 Å². The van der Waals surface area contributed by atoms with Gasteiger partial charge in [-0.3, -0.25) is 9.69 Å². The van der Waals surface area contributed by atoms with Crippen LogP contribution in [0.25, 0.3) is 0 Å². The molecule has 1 aromatic rings. The molecule has 1 heterocycles. The molecule has 18 heavy (non-hydrogen) atoms. The largest absolute Gasteiger partial charge is 0.480 e. The second-order valence-corrected chi connectivity index (χ2v) is 4.38. The fraction of sp³-hybridized carbons (Fsp3) is 0.385. The van der Waals surface area contributed by atoms with Crippen LogP contribution in [0, 0.1) is 17.1 Å². The van der Waals surface area contributed by atoms with Crippen LogP contribution in [0.15, 0.2) is 18.2 Å². The van der Waals surface area contributed by atoms with Gasteiger partial charge in [-0.05, 0) is 43.1 Å². The summed E-state index contributed by atoms with van der Waals surface area (Å²) in [5, 5.41) is 18.0. The van der Waals surface area contributed by atoms with E-state index in [-0.39, 0.29) is 0 Å². The van der Waals surface area contributed by atoms with Gasteiger partial charge in [0.15, 0.2) is 0 Å². The van der Waals surface area contributed by atoms with Gasteiger partial charge in [-0.15, -0.1) is 0 Å². The smallest absolute Gasteiger partial charge is 0.320 e. The Balaban J connectivity index is 2.21. The van der Waals surface area contributed by atoms with Gasteiger partial charge >= 0.3 is 5.97 Å². The van der Waals surface area contributed by atoms with Crippen LogP contribution in [-0.4, -0.2) is 28.6 Å². The van der Waals surface area contributed by atoms with Gasteiger partial charge in [-0.2, -0.15) is 5.26 Å². The fourth-order valence-electron chi connectivity index (χ4n) is 2.32. The van der Waals surface area contributed by atoms with Crippen molar-refractivity contribution < 1.29 is 14.3 Å². The Hall–Kier alpha value is -1.93. The Morgan fingerprint density at radius 1 is 1.61 bits per heavy atom. The molecular formula is C13H13FN2O2. The minimum Gasteiger partial charge on any atom is -0.480 e. The number of rotatable bonds is 3. The summed E-state index contributed by atoms with van der Waals surface area (Å²) in [5.74, 6) is -1.27. The number of carboxylic acids is 1. The maximum absolute atomic E-state index is 13.2. The highest BCUT2D eigenvalue weighted by Gasteiger charge is 2.30. The van der Waals surface area contributed by atoms with Crippen molar-refractivity contribution in [3.63, 3.8) is 0 Å². The van der Waals surface area contributed by atoms with Crippen LogP contribution in [-0.2, 0) is 11.3 Å². The molecular weight excluding hydrogens is 235 g/mol. The topological polar surface area (TPSA) is 64.3 Å². The van der Waals surface area contributed by atoms with Gasteiger partial charge in [0.25, 0.3) is 0 Å². The normalized spacial score (nSPS) is 19.7. The van der Waals surface area contributed by atoms with Crippen molar-refractivity contribution in [2.45, 2.75) is 25.4 Å². The Labute approximate surface area is 104 Å². The molecule has 1 N–H and O–H groups in total. The molecule has 0 aliphatic carbocycles. The van der Waals surface area contributed by atoms with Crippen molar-refractivity contribution in [2.24, 2.45) is 0 Å². The standard InChI is InChI=1S/C13H13FN2O2/c14-11-4-3-9(7-15)10(6-11)8-16-5-1-2-12(16)13(17)18/h3-4,6,12H,1-2,5,8H2,(H,17,18). The van der Waals surface area contributed by atoms with Gasteiger partial charge < -0.3 is 5.11 Å². The quantitative estimate of drug-likeness (QED) is 0.885. The van der Waals surface area contributed by atoms with Crippen LogP contribution in [0.3, 0.4) is 0 Å². The third-order valence-corrected chi connectivity index (χ3v) is 3.21. The summed E-state index contributed by atoms with van der Waals surface area (Å²) in [7, 11) is 0. The second-order valence-electron chi connectivity index (χ2n) is 4.38. The van der Waals surface area contributed by atoms with Gasteiger partial charge in [0.1, 0.15) is 11.9 Å². The third kappa shape index (κ3) is 2.49. The first-order valence-electron chi connectivity index (χ1n) is 5.77. The highest BCUT2D eigenvalue weighted by molar-refractivity contribution is 5.73. The van der Waals surface area contributed by atoms with E-state index in [4.69, 9.17) is 10.4 Å². The first-order chi connectivity index (χ1) is 8.61. The lowest BCUT2D eigenvalue weighted by molar-refractivity contribution is -0.142. The van der Waals surface area contributed by atoms with E-state index in [0.29, 0.717) is 30.6 Å². The summed E-state index contributed by atoms with van der Waals surface area (Å²) in [6, 6.07) is 5.44. The first-order valence-corrected chi connectivity index (χ1v) is 5.77. The third-order valence-electron chi connectivity index (χ3n) is 3.21. The van der Waals surface area contributed by atoms with Gasteiger partial charge in [0.05, 0.1) is 11.6 Å². The number of benzene rings is 1. The number of carbonyl (C=O) groups is 1. The van der Waals surface area contributed by atoms with Gasteiger partial charge in [-0.25, -0.2) is 4.39 Å². The van der Waals surface area contributed by atoms with Gasteiger partial charge in [0.2, 0.25) is 0 Å². The molecule has 0 bridgehead atoms. The molecule has 1 atom stereocenters. The summed E-state index contributed by atoms with van der Waals surface area (Å²) in [5.41, 5.74) is 0.943. The summed E-state index contributed by atoms with van der Waals surface area (Å²) >= 11 is 0. The average molecular weight is 248 g/mol. The van der Waals surface area contributed by atoms with Crippen molar-refractivity contribution in [1.82, 2.24) is 4.90 Å². The molecule has 0 radical (unpaired) electrons. The van der Waals surface area contributed by atoms with Crippen LogP contribution < -0.4 is 0 Å². The van der Waals surface area contributed by atoms with Crippen LogP contribution in [0.4, 0.5) is 4.39 Å². The molecule has 0 amide bonds. The highest BCUT2D eigenvalue weighted by Crippen LogP contribution is 2.22. The predicted octanol–water partition coefficient (Wildman–Crippen LogP) is 1.75. The zero-order valence-corrected chi connectivity index (χ0v) is 9.77. The number of carboxylic acid groups (broad SMARTS) is 1. The Bertz CT molecular complexity index is 510. The average Bonchev–Trinajstić information content (AvgIpc) is 2.77. The van der Waals surface area contributed by atoms with Gasteiger partial charge in [0, 0.05) is 6.54 Å². The van der Waals surface area contributed by atoms with Crippen molar-refractivity contribution in [3.05, 3.63) is 35.1 Å². The van der Waals surface area contributed by atoms with E-state index in [0.717, 1.165) is 6.42 Å². The molecule has 2 rings (SSSR count). The lowest BCUT2D eigenvalue weighted by Gasteiger charge is -2.21. The predicted molar refractivity (Wildman–Crippen MR) is 62.2 cm³/mol. The Kier molecular flexibility index (Phi) is 3.58. The molecule has 1 saturated heterocycles. The summed E-state index contributed by atoms with van der Waals surface area (Å²) in [4.78, 5) is 12.8. The molecule has 5 heteroatoms. The molecule has 1 unspecified atom stereocenters. The molecule has 4 nitrogen and oxygen atoms in total. The van der Waals surface area contributed by atoms with E-state index in [1.165, 1.54) is 18.2 Å². The van der Waals surface area contributed by atoms with Crippen LogP contribution in [0.5, 0.6) is 0 Å². The number of aliphatic carboxylic acids is 1. The van der Waals surface area contributed by atoms with Crippen molar-refractivity contribution in [2.75, 3.05) is 6.54 Å². The number of hydrogen-bond acceptors (Lipinski definition) is 3. The number of halogens is 1. The Morgan fingerprint density at radius 3 is 3.06 bits per heavy atom. The number of nitrogens with zero attached hydrogens (tertiary/aromatic N) is 2. The van der Waals surface area contributed by atoms with Crippen molar-refractivity contribution in [1.29, 1.82) is 5.26 Å². The van der Waals surface area contributed by atoms with E-state index in [9.17, 15) is 9.18 Å². The van der Waals surface area contributed by atoms with Gasteiger partial charge in [-0.1, -0.05) is 0 Å². The molecule has 1 aliphatic rings. The minimum atomic E-state index is -0.859. The molecule has 1 aromatic carbocycles. The molecule has 0 aromatic heterocycles. The van der Waals surface area contributed by atoms with Crippen LogP contribution >= 0.6 is 0 Å².